The number of aliphatic hydroxyl groups excluding tert-OH is 1. The van der Waals surface area contributed by atoms with E-state index >= 15 is 0 Å². The zero-order chi connectivity index (χ0) is 12.4. The molecule has 2 heterocycles. The fourth-order valence-electron chi connectivity index (χ4n) is 2.19. The molecule has 0 atom stereocenters. The van der Waals surface area contributed by atoms with Gasteiger partial charge in [-0.05, 0) is 32.8 Å². The summed E-state index contributed by atoms with van der Waals surface area (Å²) < 4.78 is 1.74. The van der Waals surface area contributed by atoms with Crippen LogP contribution in [0.4, 0.5) is 0 Å². The van der Waals surface area contributed by atoms with Gasteiger partial charge in [0.2, 0.25) is 0 Å². The average molecular weight is 237 g/mol. The SMILES string of the molecule is CCn1nc(C)cc1C(=O)N1CCC(O)CC1. The van der Waals surface area contributed by atoms with E-state index in [1.165, 1.54) is 0 Å². The first kappa shape index (κ1) is 12.1. The van der Waals surface area contributed by atoms with Gasteiger partial charge in [-0.2, -0.15) is 5.10 Å². The lowest BCUT2D eigenvalue weighted by molar-refractivity contribution is 0.0536. The Balaban J connectivity index is 2.13. The molecule has 5 heteroatoms. The third kappa shape index (κ3) is 2.49. The van der Waals surface area contributed by atoms with E-state index in [2.05, 4.69) is 5.10 Å². The molecule has 0 spiro atoms. The summed E-state index contributed by atoms with van der Waals surface area (Å²) in [5.41, 5.74) is 1.52. The second-order valence-electron chi connectivity index (χ2n) is 4.51. The van der Waals surface area contributed by atoms with E-state index in [0.717, 1.165) is 5.69 Å². The van der Waals surface area contributed by atoms with Gasteiger partial charge < -0.3 is 10.0 Å². The molecule has 0 radical (unpaired) electrons. The van der Waals surface area contributed by atoms with Crippen LogP contribution in [0, 0.1) is 6.92 Å². The lowest BCUT2D eigenvalue weighted by Crippen LogP contribution is -2.40. The molecule has 1 fully saturated rings. The van der Waals surface area contributed by atoms with Gasteiger partial charge in [0, 0.05) is 19.6 Å². The van der Waals surface area contributed by atoms with Crippen molar-refractivity contribution in [1.82, 2.24) is 14.7 Å². The number of aromatic nitrogens is 2. The van der Waals surface area contributed by atoms with Crippen molar-refractivity contribution in [2.45, 2.75) is 39.3 Å². The van der Waals surface area contributed by atoms with Crippen molar-refractivity contribution in [2.75, 3.05) is 13.1 Å². The van der Waals surface area contributed by atoms with Crippen LogP contribution in [-0.2, 0) is 6.54 Å². The Morgan fingerprint density at radius 1 is 1.53 bits per heavy atom. The van der Waals surface area contributed by atoms with Crippen molar-refractivity contribution < 1.29 is 9.90 Å². The van der Waals surface area contributed by atoms with E-state index in [4.69, 9.17) is 0 Å². The molecule has 1 N–H and O–H groups in total. The molecule has 0 saturated carbocycles. The van der Waals surface area contributed by atoms with Crippen LogP contribution in [0.25, 0.3) is 0 Å². The fraction of sp³-hybridized carbons (Fsp3) is 0.667. The van der Waals surface area contributed by atoms with Gasteiger partial charge in [0.15, 0.2) is 0 Å². The van der Waals surface area contributed by atoms with Crippen LogP contribution in [0.1, 0.15) is 35.9 Å². The lowest BCUT2D eigenvalue weighted by atomic mass is 10.1. The van der Waals surface area contributed by atoms with Gasteiger partial charge in [-0.25, -0.2) is 0 Å². The van der Waals surface area contributed by atoms with E-state index in [-0.39, 0.29) is 12.0 Å². The molecule has 1 aromatic heterocycles. The quantitative estimate of drug-likeness (QED) is 0.828. The minimum absolute atomic E-state index is 0.0272. The van der Waals surface area contributed by atoms with Crippen LogP contribution >= 0.6 is 0 Å². The normalized spacial score (nSPS) is 17.5. The summed E-state index contributed by atoms with van der Waals surface area (Å²) in [5.74, 6) is 0.0272. The zero-order valence-corrected chi connectivity index (χ0v) is 10.4. The van der Waals surface area contributed by atoms with Crippen molar-refractivity contribution in [3.05, 3.63) is 17.5 Å². The Bertz CT molecular complexity index is 406. The highest BCUT2D eigenvalue weighted by molar-refractivity contribution is 5.92. The molecule has 1 aromatic rings. The van der Waals surface area contributed by atoms with Gasteiger partial charge in [0.05, 0.1) is 11.8 Å². The molecule has 0 unspecified atom stereocenters. The number of aliphatic hydroxyl groups is 1. The number of carbonyl (C=O) groups is 1. The Hall–Kier alpha value is -1.36. The maximum atomic E-state index is 12.3. The van der Waals surface area contributed by atoms with Crippen LogP contribution < -0.4 is 0 Å². The number of amides is 1. The number of carbonyl (C=O) groups excluding carboxylic acids is 1. The minimum atomic E-state index is -0.253. The highest BCUT2D eigenvalue weighted by Crippen LogP contribution is 2.14. The Morgan fingerprint density at radius 2 is 2.18 bits per heavy atom. The molecule has 1 aliphatic rings. The predicted molar refractivity (Wildman–Crippen MR) is 63.8 cm³/mol. The number of piperidine rings is 1. The Morgan fingerprint density at radius 3 is 2.76 bits per heavy atom. The number of hydrogen-bond donors (Lipinski definition) is 1. The number of hydrogen-bond acceptors (Lipinski definition) is 3. The Kier molecular flexibility index (Phi) is 3.47. The molecule has 94 valence electrons. The molecule has 0 bridgehead atoms. The molecule has 17 heavy (non-hydrogen) atoms. The van der Waals surface area contributed by atoms with Crippen LogP contribution in [0.3, 0.4) is 0 Å². The van der Waals surface area contributed by atoms with E-state index in [1.54, 1.807) is 9.58 Å². The minimum Gasteiger partial charge on any atom is -0.393 e. The van der Waals surface area contributed by atoms with Crippen LogP contribution in [-0.4, -0.2) is 44.9 Å². The third-order valence-electron chi connectivity index (χ3n) is 3.17. The van der Waals surface area contributed by atoms with Crippen molar-refractivity contribution >= 4 is 5.91 Å². The van der Waals surface area contributed by atoms with E-state index in [9.17, 15) is 9.90 Å². The van der Waals surface area contributed by atoms with Gasteiger partial charge in [-0.3, -0.25) is 9.48 Å². The van der Waals surface area contributed by atoms with Crippen LogP contribution in [0.15, 0.2) is 6.07 Å². The molecule has 0 aromatic carbocycles. The molecular formula is C12H19N3O2. The second-order valence-corrected chi connectivity index (χ2v) is 4.51. The number of nitrogens with zero attached hydrogens (tertiary/aromatic N) is 3. The maximum absolute atomic E-state index is 12.3. The molecule has 1 aliphatic heterocycles. The Labute approximate surface area is 101 Å². The molecule has 0 aliphatic carbocycles. The van der Waals surface area contributed by atoms with E-state index in [0.29, 0.717) is 38.2 Å². The average Bonchev–Trinajstić information content (AvgIpc) is 2.70. The molecule has 1 amide bonds. The zero-order valence-electron chi connectivity index (χ0n) is 10.4. The highest BCUT2D eigenvalue weighted by Gasteiger charge is 2.24. The lowest BCUT2D eigenvalue weighted by Gasteiger charge is -2.29. The van der Waals surface area contributed by atoms with Gasteiger partial charge in [0.25, 0.3) is 5.91 Å². The molecule has 1 saturated heterocycles. The largest absolute Gasteiger partial charge is 0.393 e. The van der Waals surface area contributed by atoms with Crippen molar-refractivity contribution in [3.63, 3.8) is 0 Å². The van der Waals surface area contributed by atoms with Gasteiger partial charge in [-0.15, -0.1) is 0 Å². The van der Waals surface area contributed by atoms with E-state index in [1.807, 2.05) is 19.9 Å². The van der Waals surface area contributed by atoms with Crippen LogP contribution in [0.5, 0.6) is 0 Å². The number of likely N-dealkylation sites (tertiary alicyclic amines) is 1. The van der Waals surface area contributed by atoms with Crippen molar-refractivity contribution in [3.8, 4) is 0 Å². The molecular weight excluding hydrogens is 218 g/mol. The molecule has 2 rings (SSSR count). The van der Waals surface area contributed by atoms with Crippen molar-refractivity contribution in [2.24, 2.45) is 0 Å². The van der Waals surface area contributed by atoms with Crippen molar-refractivity contribution in [1.29, 1.82) is 0 Å². The summed E-state index contributed by atoms with van der Waals surface area (Å²) in [6.07, 6.45) is 1.09. The standard InChI is InChI=1S/C12H19N3O2/c1-3-15-11(8-9(2)13-15)12(17)14-6-4-10(16)5-7-14/h8,10,16H,3-7H2,1-2H3. The summed E-state index contributed by atoms with van der Waals surface area (Å²) >= 11 is 0. The van der Waals surface area contributed by atoms with Gasteiger partial charge in [0.1, 0.15) is 5.69 Å². The summed E-state index contributed by atoms with van der Waals surface area (Å²) in [4.78, 5) is 14.1. The number of aryl methyl sites for hydroxylation is 2. The monoisotopic (exact) mass is 237 g/mol. The second kappa shape index (κ2) is 4.87. The first-order chi connectivity index (χ1) is 8.11. The van der Waals surface area contributed by atoms with Gasteiger partial charge in [-0.1, -0.05) is 0 Å². The summed E-state index contributed by atoms with van der Waals surface area (Å²) in [7, 11) is 0. The summed E-state index contributed by atoms with van der Waals surface area (Å²) in [5, 5.41) is 13.7. The predicted octanol–water partition coefficient (Wildman–Crippen LogP) is 0.808. The smallest absolute Gasteiger partial charge is 0.272 e. The van der Waals surface area contributed by atoms with Crippen LogP contribution in [0.2, 0.25) is 0 Å². The topological polar surface area (TPSA) is 58.4 Å². The summed E-state index contributed by atoms with van der Waals surface area (Å²) in [6.45, 7) is 5.83. The highest BCUT2D eigenvalue weighted by atomic mass is 16.3. The number of rotatable bonds is 2. The first-order valence-electron chi connectivity index (χ1n) is 6.13. The van der Waals surface area contributed by atoms with E-state index < -0.39 is 0 Å². The van der Waals surface area contributed by atoms with Gasteiger partial charge >= 0.3 is 0 Å². The third-order valence-corrected chi connectivity index (χ3v) is 3.17. The fourth-order valence-corrected chi connectivity index (χ4v) is 2.19. The maximum Gasteiger partial charge on any atom is 0.272 e. The molecule has 5 nitrogen and oxygen atoms in total. The first-order valence-corrected chi connectivity index (χ1v) is 6.13. The summed E-state index contributed by atoms with van der Waals surface area (Å²) in [6, 6.07) is 1.83.